The predicted molar refractivity (Wildman–Crippen MR) is 103 cm³/mol. The molecule has 3 aromatic rings. The summed E-state index contributed by atoms with van der Waals surface area (Å²) in [6.45, 7) is 2.07. The van der Waals surface area contributed by atoms with Crippen molar-refractivity contribution in [2.24, 2.45) is 0 Å². The Morgan fingerprint density at radius 1 is 1.16 bits per heavy atom. The summed E-state index contributed by atoms with van der Waals surface area (Å²) in [7, 11) is 0. The molecule has 2 atom stereocenters. The van der Waals surface area contributed by atoms with Crippen LogP contribution in [0.25, 0.3) is 0 Å². The van der Waals surface area contributed by atoms with Gasteiger partial charge in [0, 0.05) is 11.1 Å². The standard InChI is InChI=1S/C19H16FN3S2/c1-12-9-11-25-18(12)17-16(14-7-4-5-10-21-14)22-19(24)23(17)15-8-3-2-6-13(15)20/h2-11,16-17H,1H3,(H,22,24)/t16-,17-/m1/s1. The van der Waals surface area contributed by atoms with E-state index in [0.717, 1.165) is 10.6 Å². The van der Waals surface area contributed by atoms with Gasteiger partial charge >= 0.3 is 0 Å². The highest BCUT2D eigenvalue weighted by atomic mass is 32.1. The van der Waals surface area contributed by atoms with Gasteiger partial charge in [0.25, 0.3) is 0 Å². The van der Waals surface area contributed by atoms with Gasteiger partial charge in [-0.1, -0.05) is 18.2 Å². The van der Waals surface area contributed by atoms with Crippen molar-refractivity contribution in [1.29, 1.82) is 0 Å². The van der Waals surface area contributed by atoms with Gasteiger partial charge in [-0.15, -0.1) is 11.3 Å². The Hall–Kier alpha value is -2.31. The molecular formula is C19H16FN3S2. The molecule has 0 amide bonds. The molecular weight excluding hydrogens is 353 g/mol. The van der Waals surface area contributed by atoms with Crippen molar-refractivity contribution in [1.82, 2.24) is 10.3 Å². The zero-order chi connectivity index (χ0) is 17.4. The van der Waals surface area contributed by atoms with Gasteiger partial charge in [-0.25, -0.2) is 4.39 Å². The molecule has 3 nitrogen and oxygen atoms in total. The highest BCUT2D eigenvalue weighted by Crippen LogP contribution is 2.44. The lowest BCUT2D eigenvalue weighted by Gasteiger charge is -2.27. The summed E-state index contributed by atoms with van der Waals surface area (Å²) in [6.07, 6.45) is 1.77. The molecule has 0 bridgehead atoms. The zero-order valence-corrected chi connectivity index (χ0v) is 15.2. The highest BCUT2D eigenvalue weighted by molar-refractivity contribution is 7.80. The normalized spacial score (nSPS) is 19.9. The number of nitrogens with zero attached hydrogens (tertiary/aromatic N) is 2. The molecule has 0 saturated carbocycles. The van der Waals surface area contributed by atoms with E-state index in [0.29, 0.717) is 10.8 Å². The van der Waals surface area contributed by atoms with Crippen LogP contribution in [0.5, 0.6) is 0 Å². The quantitative estimate of drug-likeness (QED) is 0.673. The number of nitrogens with one attached hydrogen (secondary N) is 1. The first-order chi connectivity index (χ1) is 12.2. The van der Waals surface area contributed by atoms with Crippen LogP contribution in [-0.2, 0) is 0 Å². The first-order valence-electron chi connectivity index (χ1n) is 7.96. The fourth-order valence-electron chi connectivity index (χ4n) is 3.21. The van der Waals surface area contributed by atoms with Crippen molar-refractivity contribution in [3.05, 3.63) is 82.1 Å². The van der Waals surface area contributed by atoms with Gasteiger partial charge in [0.1, 0.15) is 5.82 Å². The predicted octanol–water partition coefficient (Wildman–Crippen LogP) is 4.77. The van der Waals surface area contributed by atoms with E-state index in [1.165, 1.54) is 11.6 Å². The number of hydrogen-bond acceptors (Lipinski definition) is 3. The number of pyridine rings is 1. The third-order valence-corrected chi connectivity index (χ3v) is 5.78. The van der Waals surface area contributed by atoms with E-state index >= 15 is 0 Å². The second-order valence-electron chi connectivity index (χ2n) is 5.92. The number of aryl methyl sites for hydroxylation is 1. The van der Waals surface area contributed by atoms with E-state index < -0.39 is 0 Å². The zero-order valence-electron chi connectivity index (χ0n) is 13.5. The number of para-hydroxylation sites is 1. The molecule has 3 heterocycles. The maximum atomic E-state index is 14.5. The fraction of sp³-hybridized carbons (Fsp3) is 0.158. The average Bonchev–Trinajstić information content (AvgIpc) is 3.19. The molecule has 0 spiro atoms. The molecule has 1 N–H and O–H groups in total. The van der Waals surface area contributed by atoms with Crippen molar-refractivity contribution >= 4 is 34.4 Å². The first kappa shape index (κ1) is 16.2. The van der Waals surface area contributed by atoms with Crippen LogP contribution in [0.1, 0.15) is 28.2 Å². The minimum atomic E-state index is -0.285. The van der Waals surface area contributed by atoms with Gasteiger partial charge in [0.2, 0.25) is 0 Å². The number of aromatic nitrogens is 1. The van der Waals surface area contributed by atoms with Crippen molar-refractivity contribution in [3.8, 4) is 0 Å². The van der Waals surface area contributed by atoms with Crippen molar-refractivity contribution in [2.75, 3.05) is 4.90 Å². The van der Waals surface area contributed by atoms with Gasteiger partial charge in [-0.2, -0.15) is 0 Å². The largest absolute Gasteiger partial charge is 0.351 e. The molecule has 6 heteroatoms. The maximum Gasteiger partial charge on any atom is 0.174 e. The summed E-state index contributed by atoms with van der Waals surface area (Å²) in [5.41, 5.74) is 2.54. The van der Waals surface area contributed by atoms with E-state index in [9.17, 15) is 4.39 Å². The third-order valence-electron chi connectivity index (χ3n) is 4.38. The van der Waals surface area contributed by atoms with Crippen LogP contribution in [0.2, 0.25) is 0 Å². The second-order valence-corrected chi connectivity index (χ2v) is 7.25. The Labute approximate surface area is 155 Å². The number of rotatable bonds is 3. The first-order valence-corrected chi connectivity index (χ1v) is 9.25. The minimum Gasteiger partial charge on any atom is -0.351 e. The number of thiocarbonyl (C=S) groups is 1. The molecule has 0 unspecified atom stereocenters. The molecule has 4 rings (SSSR count). The fourth-order valence-corrected chi connectivity index (χ4v) is 4.61. The van der Waals surface area contributed by atoms with Crippen LogP contribution in [0.15, 0.2) is 60.1 Å². The average molecular weight is 369 g/mol. The topological polar surface area (TPSA) is 28.2 Å². The summed E-state index contributed by atoms with van der Waals surface area (Å²) < 4.78 is 14.5. The Bertz CT molecular complexity index is 910. The Morgan fingerprint density at radius 2 is 1.96 bits per heavy atom. The molecule has 2 aromatic heterocycles. The number of anilines is 1. The Kier molecular flexibility index (Phi) is 4.23. The summed E-state index contributed by atoms with van der Waals surface area (Å²) in [6, 6.07) is 14.4. The lowest BCUT2D eigenvalue weighted by molar-refractivity contribution is 0.563. The van der Waals surface area contributed by atoms with E-state index in [-0.39, 0.29) is 17.9 Å². The lowest BCUT2D eigenvalue weighted by atomic mass is 10.0. The minimum absolute atomic E-state index is 0.134. The molecule has 0 aliphatic carbocycles. The van der Waals surface area contributed by atoms with Gasteiger partial charge in [-0.05, 0) is 60.4 Å². The van der Waals surface area contributed by atoms with Crippen molar-refractivity contribution < 1.29 is 4.39 Å². The Morgan fingerprint density at radius 3 is 2.64 bits per heavy atom. The van der Waals surface area contributed by atoms with Crippen LogP contribution in [0.3, 0.4) is 0 Å². The van der Waals surface area contributed by atoms with Crippen LogP contribution in [0, 0.1) is 12.7 Å². The lowest BCUT2D eigenvalue weighted by Crippen LogP contribution is -2.30. The summed E-state index contributed by atoms with van der Waals surface area (Å²) >= 11 is 7.24. The van der Waals surface area contributed by atoms with E-state index in [1.807, 2.05) is 29.2 Å². The maximum absolute atomic E-state index is 14.5. The molecule has 1 aromatic carbocycles. The van der Waals surface area contributed by atoms with E-state index in [1.54, 1.807) is 29.7 Å². The summed E-state index contributed by atoms with van der Waals surface area (Å²) in [4.78, 5) is 7.53. The van der Waals surface area contributed by atoms with Gasteiger partial charge in [0.05, 0.1) is 23.5 Å². The number of hydrogen-bond donors (Lipinski definition) is 1. The van der Waals surface area contributed by atoms with Crippen LogP contribution in [0.4, 0.5) is 10.1 Å². The van der Waals surface area contributed by atoms with Gasteiger partial charge in [-0.3, -0.25) is 4.98 Å². The number of benzene rings is 1. The van der Waals surface area contributed by atoms with E-state index in [2.05, 4.69) is 28.7 Å². The molecule has 1 saturated heterocycles. The smallest absolute Gasteiger partial charge is 0.174 e. The van der Waals surface area contributed by atoms with Crippen LogP contribution >= 0.6 is 23.6 Å². The summed E-state index contributed by atoms with van der Waals surface area (Å²) in [5, 5.41) is 5.92. The SMILES string of the molecule is Cc1ccsc1[C@H]1[C@@H](c2ccccn2)NC(=S)N1c1ccccc1F. The molecule has 126 valence electrons. The van der Waals surface area contributed by atoms with Gasteiger partial charge < -0.3 is 10.2 Å². The van der Waals surface area contributed by atoms with Gasteiger partial charge in [0.15, 0.2) is 5.11 Å². The Balaban J connectivity index is 1.87. The number of halogens is 1. The molecule has 25 heavy (non-hydrogen) atoms. The molecule has 1 aliphatic rings. The monoisotopic (exact) mass is 369 g/mol. The molecule has 1 aliphatic heterocycles. The van der Waals surface area contributed by atoms with Crippen molar-refractivity contribution in [3.63, 3.8) is 0 Å². The second kappa shape index (κ2) is 6.54. The molecule has 1 fully saturated rings. The molecule has 0 radical (unpaired) electrons. The number of thiophene rings is 1. The van der Waals surface area contributed by atoms with Crippen LogP contribution in [-0.4, -0.2) is 10.1 Å². The van der Waals surface area contributed by atoms with Crippen molar-refractivity contribution in [2.45, 2.75) is 19.0 Å². The summed E-state index contributed by atoms with van der Waals surface area (Å²) in [5.74, 6) is -0.285. The highest BCUT2D eigenvalue weighted by Gasteiger charge is 2.42. The third kappa shape index (κ3) is 2.81. The van der Waals surface area contributed by atoms with Crippen LogP contribution < -0.4 is 10.2 Å². The van der Waals surface area contributed by atoms with E-state index in [4.69, 9.17) is 12.2 Å².